The monoisotopic (exact) mass is 240 g/mol. The molecule has 16 heavy (non-hydrogen) atoms. The van der Waals surface area contributed by atoms with E-state index in [0.717, 1.165) is 0 Å². The molecule has 1 aromatic rings. The summed E-state index contributed by atoms with van der Waals surface area (Å²) in [7, 11) is 0. The van der Waals surface area contributed by atoms with Gasteiger partial charge in [0.05, 0.1) is 6.54 Å². The number of benzene rings is 1. The summed E-state index contributed by atoms with van der Waals surface area (Å²) in [5, 5.41) is 1.99. The second-order valence-electron chi connectivity index (χ2n) is 3.18. The molecule has 0 fully saturated rings. The maximum Gasteiger partial charge on any atom is 0.455 e. The Labute approximate surface area is 88.2 Å². The number of halogens is 5. The second kappa shape index (κ2) is 4.15. The lowest BCUT2D eigenvalue weighted by atomic mass is 10.2. The zero-order valence-corrected chi connectivity index (χ0v) is 7.98. The predicted octanol–water partition coefficient (Wildman–Crippen LogP) is 2.88. The highest BCUT2D eigenvalue weighted by Gasteiger charge is 2.57. The standard InChI is InChI=1S/C9H9F5N2/c10-8(11,9(12,13)14)5-16-7-3-1-6(15)2-4-7/h1-4,16H,5,15H2. The van der Waals surface area contributed by atoms with E-state index in [1.54, 1.807) is 0 Å². The van der Waals surface area contributed by atoms with Crippen LogP contribution in [-0.2, 0) is 0 Å². The van der Waals surface area contributed by atoms with E-state index in [4.69, 9.17) is 5.73 Å². The fourth-order valence-corrected chi connectivity index (χ4v) is 0.914. The summed E-state index contributed by atoms with van der Waals surface area (Å²) >= 11 is 0. The Morgan fingerprint density at radius 3 is 1.94 bits per heavy atom. The molecule has 0 aromatic heterocycles. The second-order valence-corrected chi connectivity index (χ2v) is 3.18. The Morgan fingerprint density at radius 1 is 1.00 bits per heavy atom. The molecule has 0 heterocycles. The summed E-state index contributed by atoms with van der Waals surface area (Å²) in [6, 6.07) is 5.44. The van der Waals surface area contributed by atoms with Crippen LogP contribution < -0.4 is 11.1 Å². The maximum atomic E-state index is 12.5. The first-order valence-electron chi connectivity index (χ1n) is 4.26. The van der Waals surface area contributed by atoms with Gasteiger partial charge in [0.25, 0.3) is 0 Å². The summed E-state index contributed by atoms with van der Waals surface area (Å²) in [6.45, 7) is -1.50. The molecule has 0 radical (unpaired) electrons. The van der Waals surface area contributed by atoms with Crippen LogP contribution in [0.4, 0.5) is 33.3 Å². The van der Waals surface area contributed by atoms with Crippen LogP contribution in [0.5, 0.6) is 0 Å². The van der Waals surface area contributed by atoms with Gasteiger partial charge in [0, 0.05) is 11.4 Å². The van der Waals surface area contributed by atoms with Crippen LogP contribution in [-0.4, -0.2) is 18.6 Å². The number of nitrogens with one attached hydrogen (secondary N) is 1. The van der Waals surface area contributed by atoms with E-state index in [0.29, 0.717) is 5.69 Å². The Kier molecular flexibility index (Phi) is 3.25. The molecular formula is C9H9F5N2. The van der Waals surface area contributed by atoms with Crippen LogP contribution in [0, 0.1) is 0 Å². The van der Waals surface area contributed by atoms with Gasteiger partial charge in [0.15, 0.2) is 0 Å². The van der Waals surface area contributed by atoms with Crippen LogP contribution in [0.2, 0.25) is 0 Å². The number of rotatable bonds is 3. The van der Waals surface area contributed by atoms with Crippen molar-refractivity contribution in [3.8, 4) is 0 Å². The Morgan fingerprint density at radius 2 is 1.50 bits per heavy atom. The topological polar surface area (TPSA) is 38.0 Å². The number of nitrogen functional groups attached to an aromatic ring is 1. The van der Waals surface area contributed by atoms with Crippen LogP contribution in [0.15, 0.2) is 24.3 Å². The van der Waals surface area contributed by atoms with Crippen molar-refractivity contribution in [3.63, 3.8) is 0 Å². The van der Waals surface area contributed by atoms with Crippen LogP contribution in [0.3, 0.4) is 0 Å². The van der Waals surface area contributed by atoms with Gasteiger partial charge in [-0.25, -0.2) is 0 Å². The van der Waals surface area contributed by atoms with E-state index < -0.39 is 18.6 Å². The van der Waals surface area contributed by atoms with Gasteiger partial charge in [-0.15, -0.1) is 0 Å². The van der Waals surface area contributed by atoms with E-state index in [1.165, 1.54) is 24.3 Å². The molecule has 3 N–H and O–H groups in total. The molecule has 2 nitrogen and oxygen atoms in total. The lowest BCUT2D eigenvalue weighted by Crippen LogP contribution is -2.42. The third-order valence-electron chi connectivity index (χ3n) is 1.84. The lowest BCUT2D eigenvalue weighted by Gasteiger charge is -2.20. The summed E-state index contributed by atoms with van der Waals surface area (Å²) < 4.78 is 60.3. The highest BCUT2D eigenvalue weighted by Crippen LogP contribution is 2.35. The molecule has 0 unspecified atom stereocenters. The first kappa shape index (κ1) is 12.5. The van der Waals surface area contributed by atoms with E-state index in [1.807, 2.05) is 5.32 Å². The number of hydrogen-bond donors (Lipinski definition) is 2. The molecule has 7 heteroatoms. The zero-order chi connectivity index (χ0) is 12.4. The quantitative estimate of drug-likeness (QED) is 0.629. The van der Waals surface area contributed by atoms with Gasteiger partial charge in [-0.2, -0.15) is 22.0 Å². The average molecular weight is 240 g/mol. The van der Waals surface area contributed by atoms with Crippen molar-refractivity contribution in [1.29, 1.82) is 0 Å². The highest BCUT2D eigenvalue weighted by molar-refractivity contribution is 5.51. The molecule has 0 aliphatic carbocycles. The zero-order valence-electron chi connectivity index (χ0n) is 7.98. The molecule has 0 spiro atoms. The first-order chi connectivity index (χ1) is 7.22. The van der Waals surface area contributed by atoms with Crippen LogP contribution >= 0.6 is 0 Å². The molecule has 0 saturated heterocycles. The van der Waals surface area contributed by atoms with E-state index >= 15 is 0 Å². The van der Waals surface area contributed by atoms with Gasteiger partial charge in [-0.05, 0) is 24.3 Å². The largest absolute Gasteiger partial charge is 0.455 e. The van der Waals surface area contributed by atoms with E-state index in [2.05, 4.69) is 0 Å². The van der Waals surface area contributed by atoms with Gasteiger partial charge in [-0.1, -0.05) is 0 Å². The van der Waals surface area contributed by atoms with Crippen molar-refractivity contribution in [2.45, 2.75) is 12.1 Å². The van der Waals surface area contributed by atoms with E-state index in [-0.39, 0.29) is 5.69 Å². The molecular weight excluding hydrogens is 231 g/mol. The predicted molar refractivity (Wildman–Crippen MR) is 50.3 cm³/mol. The minimum Gasteiger partial charge on any atom is -0.399 e. The minimum atomic E-state index is -5.55. The van der Waals surface area contributed by atoms with Crippen LogP contribution in [0.1, 0.15) is 0 Å². The number of anilines is 2. The third-order valence-corrected chi connectivity index (χ3v) is 1.84. The fourth-order valence-electron chi connectivity index (χ4n) is 0.914. The normalized spacial score (nSPS) is 12.6. The minimum absolute atomic E-state index is 0.151. The van der Waals surface area contributed by atoms with Crippen molar-refractivity contribution in [3.05, 3.63) is 24.3 Å². The Bertz CT molecular complexity index is 344. The number of nitrogens with two attached hydrogens (primary N) is 1. The molecule has 0 amide bonds. The molecule has 0 aliphatic rings. The van der Waals surface area contributed by atoms with Gasteiger partial charge in [-0.3, -0.25) is 0 Å². The molecule has 0 atom stereocenters. The molecule has 1 aromatic carbocycles. The number of alkyl halides is 5. The van der Waals surface area contributed by atoms with Crippen LogP contribution in [0.25, 0.3) is 0 Å². The summed E-state index contributed by atoms with van der Waals surface area (Å²) in [6.07, 6.45) is -5.55. The lowest BCUT2D eigenvalue weighted by molar-refractivity contribution is -0.275. The maximum absolute atomic E-state index is 12.5. The third kappa shape index (κ3) is 2.98. The average Bonchev–Trinajstić information content (AvgIpc) is 2.15. The Balaban J connectivity index is 2.61. The smallest absolute Gasteiger partial charge is 0.399 e. The van der Waals surface area contributed by atoms with E-state index in [9.17, 15) is 22.0 Å². The molecule has 90 valence electrons. The van der Waals surface area contributed by atoms with Crippen molar-refractivity contribution in [2.24, 2.45) is 0 Å². The van der Waals surface area contributed by atoms with Crippen molar-refractivity contribution in [2.75, 3.05) is 17.6 Å². The van der Waals surface area contributed by atoms with Gasteiger partial charge < -0.3 is 11.1 Å². The molecule has 0 saturated carbocycles. The fraction of sp³-hybridized carbons (Fsp3) is 0.333. The SMILES string of the molecule is Nc1ccc(NCC(F)(F)C(F)(F)F)cc1. The summed E-state index contributed by atoms with van der Waals surface area (Å²) in [4.78, 5) is 0. The molecule has 1 rings (SSSR count). The first-order valence-corrected chi connectivity index (χ1v) is 4.26. The highest BCUT2D eigenvalue weighted by atomic mass is 19.4. The summed E-state index contributed by atoms with van der Waals surface area (Å²) in [5.74, 6) is -4.76. The molecule has 0 aliphatic heterocycles. The van der Waals surface area contributed by atoms with Crippen molar-refractivity contribution in [1.82, 2.24) is 0 Å². The van der Waals surface area contributed by atoms with Gasteiger partial charge in [0.1, 0.15) is 0 Å². The van der Waals surface area contributed by atoms with Crippen molar-refractivity contribution >= 4 is 11.4 Å². The Hall–Kier alpha value is -1.53. The van der Waals surface area contributed by atoms with Crippen molar-refractivity contribution < 1.29 is 22.0 Å². The summed E-state index contributed by atoms with van der Waals surface area (Å²) in [5.41, 5.74) is 5.87. The number of hydrogen-bond acceptors (Lipinski definition) is 2. The molecule has 0 bridgehead atoms. The van der Waals surface area contributed by atoms with Gasteiger partial charge >= 0.3 is 12.1 Å². The van der Waals surface area contributed by atoms with Gasteiger partial charge in [0.2, 0.25) is 0 Å².